The van der Waals surface area contributed by atoms with E-state index in [0.717, 1.165) is 37.8 Å². The Balaban J connectivity index is 1.94. The van der Waals surface area contributed by atoms with Crippen LogP contribution in [0.4, 0.5) is 0 Å². The minimum absolute atomic E-state index is 0.121. The minimum atomic E-state index is -0.663. The zero-order chi connectivity index (χ0) is 15.4. The number of halogens is 2. The predicted molar refractivity (Wildman–Crippen MR) is 86.0 cm³/mol. The molecular formula is C16H21Cl2NO2. The smallest absolute Gasteiger partial charge is 0.306 e. The highest BCUT2D eigenvalue weighted by atomic mass is 35.5. The molecule has 0 heterocycles. The van der Waals surface area contributed by atoms with Gasteiger partial charge in [0, 0.05) is 6.04 Å². The summed E-state index contributed by atoms with van der Waals surface area (Å²) in [6.07, 6.45) is 3.92. The standard InChI is InChI=1S/C16H21Cl2NO2/c1-10(11-6-7-14(17)15(18)8-11)19-9-12-4-2-3-5-13(12)16(20)21/h6-8,10,12-13,19H,2-5,9H2,1H3,(H,20,21). The van der Waals surface area contributed by atoms with Crippen molar-refractivity contribution in [2.24, 2.45) is 11.8 Å². The molecule has 0 radical (unpaired) electrons. The molecule has 0 aromatic heterocycles. The molecule has 21 heavy (non-hydrogen) atoms. The number of benzene rings is 1. The fourth-order valence-corrected chi connectivity index (χ4v) is 3.31. The Kier molecular flexibility index (Phi) is 5.91. The monoisotopic (exact) mass is 329 g/mol. The fraction of sp³-hybridized carbons (Fsp3) is 0.562. The highest BCUT2D eigenvalue weighted by Crippen LogP contribution is 2.31. The molecule has 1 fully saturated rings. The number of carbonyl (C=O) groups is 1. The summed E-state index contributed by atoms with van der Waals surface area (Å²) in [4.78, 5) is 11.3. The van der Waals surface area contributed by atoms with E-state index in [1.54, 1.807) is 6.07 Å². The highest BCUT2D eigenvalue weighted by molar-refractivity contribution is 6.42. The molecule has 3 nitrogen and oxygen atoms in total. The average Bonchev–Trinajstić information content (AvgIpc) is 2.47. The van der Waals surface area contributed by atoms with Gasteiger partial charge in [-0.3, -0.25) is 4.79 Å². The molecule has 1 saturated carbocycles. The van der Waals surface area contributed by atoms with E-state index in [1.165, 1.54) is 0 Å². The molecule has 0 aliphatic heterocycles. The van der Waals surface area contributed by atoms with Crippen LogP contribution in [0.15, 0.2) is 18.2 Å². The first kappa shape index (κ1) is 16.6. The summed E-state index contributed by atoms with van der Waals surface area (Å²) in [6.45, 7) is 2.77. The molecule has 1 aliphatic rings. The van der Waals surface area contributed by atoms with Gasteiger partial charge in [-0.1, -0.05) is 42.1 Å². The molecule has 0 saturated heterocycles. The third kappa shape index (κ3) is 4.35. The van der Waals surface area contributed by atoms with Gasteiger partial charge in [0.05, 0.1) is 16.0 Å². The molecule has 116 valence electrons. The van der Waals surface area contributed by atoms with E-state index in [1.807, 2.05) is 12.1 Å². The van der Waals surface area contributed by atoms with E-state index in [2.05, 4.69) is 12.2 Å². The van der Waals surface area contributed by atoms with Crippen molar-refractivity contribution >= 4 is 29.2 Å². The maximum absolute atomic E-state index is 11.3. The maximum atomic E-state index is 11.3. The summed E-state index contributed by atoms with van der Waals surface area (Å²) in [5.74, 6) is -0.669. The first-order chi connectivity index (χ1) is 9.99. The Morgan fingerprint density at radius 2 is 2.05 bits per heavy atom. The third-order valence-corrected chi connectivity index (χ3v) is 5.10. The van der Waals surface area contributed by atoms with Crippen LogP contribution in [-0.4, -0.2) is 17.6 Å². The zero-order valence-corrected chi connectivity index (χ0v) is 13.6. The lowest BCUT2D eigenvalue weighted by molar-refractivity contribution is -0.144. The van der Waals surface area contributed by atoms with Crippen molar-refractivity contribution < 1.29 is 9.90 Å². The van der Waals surface area contributed by atoms with Crippen molar-refractivity contribution in [3.8, 4) is 0 Å². The lowest BCUT2D eigenvalue weighted by Crippen LogP contribution is -2.35. The lowest BCUT2D eigenvalue weighted by atomic mass is 9.79. The highest BCUT2D eigenvalue weighted by Gasteiger charge is 2.30. The first-order valence-corrected chi connectivity index (χ1v) is 8.15. The van der Waals surface area contributed by atoms with Gasteiger partial charge in [0.1, 0.15) is 0 Å². The van der Waals surface area contributed by atoms with Crippen molar-refractivity contribution in [1.82, 2.24) is 5.32 Å². The topological polar surface area (TPSA) is 49.3 Å². The van der Waals surface area contributed by atoms with Crippen LogP contribution in [0, 0.1) is 11.8 Å². The Bertz CT molecular complexity index is 507. The number of hydrogen-bond donors (Lipinski definition) is 2. The van der Waals surface area contributed by atoms with Gasteiger partial charge >= 0.3 is 5.97 Å². The predicted octanol–water partition coefficient (Wildman–Crippen LogP) is 4.54. The van der Waals surface area contributed by atoms with Crippen LogP contribution >= 0.6 is 23.2 Å². The fourth-order valence-electron chi connectivity index (χ4n) is 3.00. The molecule has 3 atom stereocenters. The molecule has 3 unspecified atom stereocenters. The van der Waals surface area contributed by atoms with Crippen molar-refractivity contribution in [1.29, 1.82) is 0 Å². The van der Waals surface area contributed by atoms with E-state index in [4.69, 9.17) is 23.2 Å². The van der Waals surface area contributed by atoms with Crippen LogP contribution in [0.2, 0.25) is 10.0 Å². The second-order valence-corrected chi connectivity index (χ2v) is 6.61. The second kappa shape index (κ2) is 7.48. The van der Waals surface area contributed by atoms with Gasteiger partial charge in [0.2, 0.25) is 0 Å². The lowest BCUT2D eigenvalue weighted by Gasteiger charge is -2.30. The molecule has 1 aromatic rings. The zero-order valence-electron chi connectivity index (χ0n) is 12.1. The Hall–Kier alpha value is -0.770. The van der Waals surface area contributed by atoms with E-state index >= 15 is 0 Å². The van der Waals surface area contributed by atoms with Gasteiger partial charge in [-0.05, 0) is 49.9 Å². The van der Waals surface area contributed by atoms with Crippen LogP contribution in [0.1, 0.15) is 44.2 Å². The molecule has 1 aromatic carbocycles. The van der Waals surface area contributed by atoms with Crippen LogP contribution in [0.25, 0.3) is 0 Å². The minimum Gasteiger partial charge on any atom is -0.481 e. The molecule has 2 rings (SSSR count). The van der Waals surface area contributed by atoms with Gasteiger partial charge in [0.25, 0.3) is 0 Å². The second-order valence-electron chi connectivity index (χ2n) is 5.79. The molecule has 0 spiro atoms. The first-order valence-electron chi connectivity index (χ1n) is 7.40. The van der Waals surface area contributed by atoms with Crippen LogP contribution in [0.5, 0.6) is 0 Å². The average molecular weight is 330 g/mol. The molecule has 0 amide bonds. The summed E-state index contributed by atoms with van der Waals surface area (Å²) < 4.78 is 0. The number of rotatable bonds is 5. The van der Waals surface area contributed by atoms with Gasteiger partial charge < -0.3 is 10.4 Å². The van der Waals surface area contributed by atoms with Gasteiger partial charge in [0.15, 0.2) is 0 Å². The van der Waals surface area contributed by atoms with E-state index in [9.17, 15) is 9.90 Å². The molecule has 5 heteroatoms. The molecule has 1 aliphatic carbocycles. The molecule has 0 bridgehead atoms. The normalized spacial score (nSPS) is 23.8. The van der Waals surface area contributed by atoms with Crippen molar-refractivity contribution in [3.05, 3.63) is 33.8 Å². The van der Waals surface area contributed by atoms with Crippen molar-refractivity contribution in [2.75, 3.05) is 6.54 Å². The van der Waals surface area contributed by atoms with Crippen molar-refractivity contribution in [2.45, 2.75) is 38.6 Å². The number of carboxylic acid groups (broad SMARTS) is 1. The molecule has 2 N–H and O–H groups in total. The Morgan fingerprint density at radius 1 is 1.33 bits per heavy atom. The van der Waals surface area contributed by atoms with E-state index < -0.39 is 5.97 Å². The Morgan fingerprint density at radius 3 is 2.71 bits per heavy atom. The molecular weight excluding hydrogens is 309 g/mol. The summed E-state index contributed by atoms with van der Waals surface area (Å²) in [5.41, 5.74) is 1.06. The number of carboxylic acids is 1. The number of aliphatic carboxylic acids is 1. The summed E-state index contributed by atoms with van der Waals surface area (Å²) in [7, 11) is 0. The summed E-state index contributed by atoms with van der Waals surface area (Å²) in [5, 5.41) is 13.8. The number of nitrogens with one attached hydrogen (secondary N) is 1. The van der Waals surface area contributed by atoms with Crippen LogP contribution in [-0.2, 0) is 4.79 Å². The summed E-state index contributed by atoms with van der Waals surface area (Å²) >= 11 is 12.0. The van der Waals surface area contributed by atoms with Crippen LogP contribution in [0.3, 0.4) is 0 Å². The summed E-state index contributed by atoms with van der Waals surface area (Å²) in [6, 6.07) is 5.72. The van der Waals surface area contributed by atoms with Crippen molar-refractivity contribution in [3.63, 3.8) is 0 Å². The largest absolute Gasteiger partial charge is 0.481 e. The third-order valence-electron chi connectivity index (χ3n) is 4.36. The van der Waals surface area contributed by atoms with Gasteiger partial charge in [-0.25, -0.2) is 0 Å². The van der Waals surface area contributed by atoms with Crippen LogP contribution < -0.4 is 5.32 Å². The quantitative estimate of drug-likeness (QED) is 0.833. The van der Waals surface area contributed by atoms with Gasteiger partial charge in [-0.15, -0.1) is 0 Å². The Labute approximate surface area is 135 Å². The van der Waals surface area contributed by atoms with E-state index in [0.29, 0.717) is 10.0 Å². The van der Waals surface area contributed by atoms with E-state index in [-0.39, 0.29) is 17.9 Å². The number of hydrogen-bond acceptors (Lipinski definition) is 2. The van der Waals surface area contributed by atoms with Gasteiger partial charge in [-0.2, -0.15) is 0 Å². The maximum Gasteiger partial charge on any atom is 0.306 e. The SMILES string of the molecule is CC(NCC1CCCCC1C(=O)O)c1ccc(Cl)c(Cl)c1.